The molecule has 0 aliphatic rings. The quantitative estimate of drug-likeness (QED) is 0.829. The zero-order chi connectivity index (χ0) is 14.0. The number of hydrogen-bond acceptors (Lipinski definition) is 2. The summed E-state index contributed by atoms with van der Waals surface area (Å²) in [5, 5.41) is 10.5. The molecular formula is C16H19BrOS. The van der Waals surface area contributed by atoms with Crippen molar-refractivity contribution < 1.29 is 5.11 Å². The number of aliphatic hydroxyl groups excluding tert-OH is 1. The van der Waals surface area contributed by atoms with Crippen LogP contribution in [-0.4, -0.2) is 5.11 Å². The second-order valence-corrected chi connectivity index (χ2v) is 7.14. The Morgan fingerprint density at radius 3 is 2.37 bits per heavy atom. The molecule has 3 heteroatoms. The minimum absolute atomic E-state index is 0.522. The summed E-state index contributed by atoms with van der Waals surface area (Å²) >= 11 is 5.12. The van der Waals surface area contributed by atoms with E-state index in [0.29, 0.717) is 0 Å². The van der Waals surface area contributed by atoms with E-state index < -0.39 is 6.10 Å². The average Bonchev–Trinajstić information content (AvgIpc) is 2.77. The maximum Gasteiger partial charge on any atom is 0.113 e. The van der Waals surface area contributed by atoms with E-state index in [4.69, 9.17) is 0 Å². The lowest BCUT2D eigenvalue weighted by molar-refractivity contribution is 0.224. The maximum atomic E-state index is 10.5. The molecule has 0 spiro atoms. The number of aliphatic hydroxyl groups is 1. The topological polar surface area (TPSA) is 20.2 Å². The summed E-state index contributed by atoms with van der Waals surface area (Å²) < 4.78 is 1.10. The van der Waals surface area contributed by atoms with E-state index in [1.54, 1.807) is 11.3 Å². The first-order valence-electron chi connectivity index (χ1n) is 6.62. The molecule has 0 saturated carbocycles. The number of rotatable bonds is 4. The summed E-state index contributed by atoms with van der Waals surface area (Å²) in [4.78, 5) is 0.996. The van der Waals surface area contributed by atoms with Crippen molar-refractivity contribution in [1.82, 2.24) is 0 Å². The molecule has 0 bridgehead atoms. The van der Waals surface area contributed by atoms with Crippen molar-refractivity contribution in [3.63, 3.8) is 0 Å². The van der Waals surface area contributed by atoms with E-state index in [0.717, 1.165) is 27.1 Å². The van der Waals surface area contributed by atoms with Crippen LogP contribution in [0.15, 0.2) is 28.1 Å². The molecule has 0 radical (unpaired) electrons. The largest absolute Gasteiger partial charge is 0.383 e. The van der Waals surface area contributed by atoms with Crippen LogP contribution >= 0.6 is 27.3 Å². The van der Waals surface area contributed by atoms with Gasteiger partial charge in [0.15, 0.2) is 0 Å². The van der Waals surface area contributed by atoms with Crippen molar-refractivity contribution >= 4 is 27.3 Å². The van der Waals surface area contributed by atoms with Crippen LogP contribution in [-0.2, 0) is 12.8 Å². The third-order valence-electron chi connectivity index (χ3n) is 3.45. The van der Waals surface area contributed by atoms with Crippen molar-refractivity contribution in [2.24, 2.45) is 0 Å². The number of hydrogen-bond donors (Lipinski definition) is 1. The Bertz CT molecular complexity index is 555. The summed E-state index contributed by atoms with van der Waals surface area (Å²) in [5.41, 5.74) is 4.89. The van der Waals surface area contributed by atoms with Gasteiger partial charge in [0.2, 0.25) is 0 Å². The molecule has 0 aliphatic carbocycles. The first-order chi connectivity index (χ1) is 9.06. The molecule has 102 valence electrons. The van der Waals surface area contributed by atoms with Crippen LogP contribution in [0.25, 0.3) is 0 Å². The third-order valence-corrected chi connectivity index (χ3v) is 5.64. The first-order valence-corrected chi connectivity index (χ1v) is 8.23. The van der Waals surface area contributed by atoms with E-state index in [2.05, 4.69) is 54.9 Å². The summed E-state index contributed by atoms with van der Waals surface area (Å²) in [6.45, 7) is 6.38. The van der Waals surface area contributed by atoms with Crippen molar-refractivity contribution in [2.75, 3.05) is 0 Å². The molecule has 1 N–H and O–H groups in total. The Hall–Kier alpha value is -0.640. The SMILES string of the molecule is CCc1ccc(C(O)c2cc(C)c(Br)s2)cc1CC. The summed E-state index contributed by atoms with van der Waals surface area (Å²) in [6, 6.07) is 8.39. The highest BCUT2D eigenvalue weighted by Crippen LogP contribution is 2.34. The molecule has 0 aliphatic heterocycles. The molecular weight excluding hydrogens is 320 g/mol. The highest BCUT2D eigenvalue weighted by molar-refractivity contribution is 9.11. The van der Waals surface area contributed by atoms with Crippen LogP contribution in [0, 0.1) is 6.92 Å². The molecule has 1 unspecified atom stereocenters. The van der Waals surface area contributed by atoms with Crippen molar-refractivity contribution in [1.29, 1.82) is 0 Å². The third kappa shape index (κ3) is 3.10. The van der Waals surface area contributed by atoms with Crippen LogP contribution in [0.4, 0.5) is 0 Å². The normalized spacial score (nSPS) is 12.7. The van der Waals surface area contributed by atoms with E-state index in [1.807, 2.05) is 6.07 Å². The van der Waals surface area contributed by atoms with Crippen LogP contribution in [0.2, 0.25) is 0 Å². The monoisotopic (exact) mass is 338 g/mol. The van der Waals surface area contributed by atoms with Gasteiger partial charge in [-0.1, -0.05) is 32.0 Å². The fourth-order valence-electron chi connectivity index (χ4n) is 2.27. The molecule has 0 fully saturated rings. The molecule has 2 rings (SSSR count). The molecule has 1 aromatic carbocycles. The molecule has 1 nitrogen and oxygen atoms in total. The second-order valence-electron chi connectivity index (χ2n) is 4.74. The lowest BCUT2D eigenvalue weighted by atomic mass is 9.97. The van der Waals surface area contributed by atoms with Crippen molar-refractivity contribution in [3.05, 3.63) is 55.2 Å². The van der Waals surface area contributed by atoms with Gasteiger partial charge in [0.25, 0.3) is 0 Å². The van der Waals surface area contributed by atoms with E-state index in [9.17, 15) is 5.11 Å². The van der Waals surface area contributed by atoms with Crippen molar-refractivity contribution in [2.45, 2.75) is 39.7 Å². The Kier molecular flexibility index (Phi) is 4.82. The highest BCUT2D eigenvalue weighted by Gasteiger charge is 2.15. The van der Waals surface area contributed by atoms with Gasteiger partial charge in [0.1, 0.15) is 6.10 Å². The number of thiophene rings is 1. The van der Waals surface area contributed by atoms with Crippen LogP contribution in [0.3, 0.4) is 0 Å². The van der Waals surface area contributed by atoms with Crippen molar-refractivity contribution in [3.8, 4) is 0 Å². The van der Waals surface area contributed by atoms with Gasteiger partial charge in [-0.3, -0.25) is 0 Å². The van der Waals surface area contributed by atoms with E-state index in [-0.39, 0.29) is 0 Å². The van der Waals surface area contributed by atoms with Gasteiger partial charge >= 0.3 is 0 Å². The molecule has 1 heterocycles. The minimum Gasteiger partial charge on any atom is -0.383 e. The molecule has 0 amide bonds. The Morgan fingerprint density at radius 2 is 1.84 bits per heavy atom. The zero-order valence-corrected chi connectivity index (χ0v) is 13.9. The first kappa shape index (κ1) is 14.8. The van der Waals surface area contributed by atoms with Gasteiger partial charge in [-0.05, 0) is 64.0 Å². The number of aryl methyl sites for hydroxylation is 3. The van der Waals surface area contributed by atoms with Gasteiger partial charge < -0.3 is 5.11 Å². The van der Waals surface area contributed by atoms with Crippen LogP contribution < -0.4 is 0 Å². The summed E-state index contributed by atoms with van der Waals surface area (Å²) in [5.74, 6) is 0. The minimum atomic E-state index is -0.522. The molecule has 19 heavy (non-hydrogen) atoms. The summed E-state index contributed by atoms with van der Waals surface area (Å²) in [7, 11) is 0. The second kappa shape index (κ2) is 6.21. The average molecular weight is 339 g/mol. The van der Waals surface area contributed by atoms with E-state index >= 15 is 0 Å². The zero-order valence-electron chi connectivity index (χ0n) is 11.5. The smallest absolute Gasteiger partial charge is 0.113 e. The predicted molar refractivity (Wildman–Crippen MR) is 86.0 cm³/mol. The fourth-order valence-corrected chi connectivity index (χ4v) is 3.86. The lowest BCUT2D eigenvalue weighted by Crippen LogP contribution is -2.00. The lowest BCUT2D eigenvalue weighted by Gasteiger charge is -2.13. The molecule has 2 aromatic rings. The standard InChI is InChI=1S/C16H19BrOS/c1-4-11-6-7-13(9-12(11)5-2)15(18)14-8-10(3)16(17)19-14/h6-9,15,18H,4-5H2,1-3H3. The predicted octanol–water partition coefficient (Wildman–Crippen LogP) is 5.03. The number of halogens is 1. The van der Waals surface area contributed by atoms with Gasteiger partial charge in [0.05, 0.1) is 3.79 Å². The maximum absolute atomic E-state index is 10.5. The van der Waals surface area contributed by atoms with Crippen LogP contribution in [0.1, 0.15) is 47.1 Å². The summed E-state index contributed by atoms with van der Waals surface area (Å²) in [6.07, 6.45) is 1.53. The Balaban J connectivity index is 2.35. The molecule has 0 saturated heterocycles. The van der Waals surface area contributed by atoms with Gasteiger partial charge in [0, 0.05) is 4.88 Å². The fraction of sp³-hybridized carbons (Fsp3) is 0.375. The highest BCUT2D eigenvalue weighted by atomic mass is 79.9. The van der Waals surface area contributed by atoms with Gasteiger partial charge in [-0.25, -0.2) is 0 Å². The van der Waals surface area contributed by atoms with E-state index in [1.165, 1.54) is 16.7 Å². The molecule has 1 atom stereocenters. The van der Waals surface area contributed by atoms with Gasteiger partial charge in [-0.2, -0.15) is 0 Å². The Labute approximate surface area is 127 Å². The van der Waals surface area contributed by atoms with Crippen LogP contribution in [0.5, 0.6) is 0 Å². The van der Waals surface area contributed by atoms with Gasteiger partial charge in [-0.15, -0.1) is 11.3 Å². The Morgan fingerprint density at radius 1 is 1.16 bits per heavy atom. The number of benzene rings is 1. The molecule has 1 aromatic heterocycles.